The fourth-order valence-corrected chi connectivity index (χ4v) is 2.64. The van der Waals surface area contributed by atoms with Gasteiger partial charge in [-0.05, 0) is 25.2 Å². The third-order valence-electron chi connectivity index (χ3n) is 3.56. The molecule has 0 radical (unpaired) electrons. The zero-order valence-electron chi connectivity index (χ0n) is 12.2. The van der Waals surface area contributed by atoms with E-state index in [0.29, 0.717) is 12.0 Å². The van der Waals surface area contributed by atoms with Gasteiger partial charge in [-0.3, -0.25) is 9.59 Å². The summed E-state index contributed by atoms with van der Waals surface area (Å²) < 4.78 is 0. The summed E-state index contributed by atoms with van der Waals surface area (Å²) in [6.07, 6.45) is 5.56. The summed E-state index contributed by atoms with van der Waals surface area (Å²) in [7, 11) is 0. The van der Waals surface area contributed by atoms with E-state index in [-0.39, 0.29) is 24.9 Å². The van der Waals surface area contributed by atoms with E-state index in [1.807, 2.05) is 4.90 Å². The summed E-state index contributed by atoms with van der Waals surface area (Å²) in [6.45, 7) is 5.19. The smallest absolute Gasteiger partial charge is 0.242 e. The van der Waals surface area contributed by atoms with E-state index < -0.39 is 0 Å². The molecule has 19 heavy (non-hydrogen) atoms. The van der Waals surface area contributed by atoms with E-state index >= 15 is 0 Å². The first-order chi connectivity index (χ1) is 9.04. The highest BCUT2D eigenvalue weighted by atomic mass is 16.2. The Morgan fingerprint density at radius 2 is 2.05 bits per heavy atom. The molecule has 1 rings (SSSR count). The van der Waals surface area contributed by atoms with Gasteiger partial charge in [0, 0.05) is 12.6 Å². The van der Waals surface area contributed by atoms with Gasteiger partial charge in [0.1, 0.15) is 0 Å². The first-order valence-corrected chi connectivity index (χ1v) is 7.30. The van der Waals surface area contributed by atoms with Crippen molar-refractivity contribution in [3.05, 3.63) is 0 Å². The summed E-state index contributed by atoms with van der Waals surface area (Å²) in [4.78, 5) is 25.3. The second-order valence-corrected chi connectivity index (χ2v) is 5.70. The van der Waals surface area contributed by atoms with Crippen LogP contribution in [0.5, 0.6) is 0 Å². The van der Waals surface area contributed by atoms with Gasteiger partial charge in [0.15, 0.2) is 0 Å². The summed E-state index contributed by atoms with van der Waals surface area (Å²) in [5, 5.41) is 2.57. The number of carbonyl (C=O) groups is 2. The Kier molecular flexibility index (Phi) is 6.84. The molecule has 1 atom stereocenters. The lowest BCUT2D eigenvalue weighted by molar-refractivity contribution is -0.134. The predicted octanol–water partition coefficient (Wildman–Crippen LogP) is 0.879. The Morgan fingerprint density at radius 3 is 2.68 bits per heavy atom. The normalized spacial score (nSPS) is 20.2. The number of nitrogens with two attached hydrogens (primary N) is 1. The number of likely N-dealkylation sites (tertiary alicyclic amines) is 1. The van der Waals surface area contributed by atoms with Crippen molar-refractivity contribution in [1.29, 1.82) is 0 Å². The van der Waals surface area contributed by atoms with Crippen LogP contribution in [0.2, 0.25) is 0 Å². The molecule has 1 aliphatic rings. The topological polar surface area (TPSA) is 75.4 Å². The first kappa shape index (κ1) is 16.0. The van der Waals surface area contributed by atoms with Crippen LogP contribution in [0, 0.1) is 5.92 Å². The third-order valence-corrected chi connectivity index (χ3v) is 3.56. The number of amides is 2. The molecular formula is C14H27N3O2. The van der Waals surface area contributed by atoms with Crippen LogP contribution in [0.3, 0.4) is 0 Å². The SMILES string of the molecule is CC(C)CC1CCCCCN1C(=O)CNC(=O)CN. The van der Waals surface area contributed by atoms with Crippen molar-refractivity contribution < 1.29 is 9.59 Å². The number of carbonyl (C=O) groups excluding carboxylic acids is 2. The Bertz CT molecular complexity index is 305. The lowest BCUT2D eigenvalue weighted by atomic mass is 9.98. The maximum atomic E-state index is 12.2. The quantitative estimate of drug-likeness (QED) is 0.778. The molecule has 0 aliphatic carbocycles. The zero-order chi connectivity index (χ0) is 14.3. The highest BCUT2D eigenvalue weighted by Gasteiger charge is 2.25. The standard InChI is InChI=1S/C14H27N3O2/c1-11(2)8-12-6-4-3-5-7-17(12)14(19)10-16-13(18)9-15/h11-12H,3-10,15H2,1-2H3,(H,16,18). The summed E-state index contributed by atoms with van der Waals surface area (Å²) in [5.41, 5.74) is 5.22. The molecule has 5 nitrogen and oxygen atoms in total. The molecule has 2 amide bonds. The van der Waals surface area contributed by atoms with Crippen molar-refractivity contribution in [3.8, 4) is 0 Å². The molecule has 1 fully saturated rings. The van der Waals surface area contributed by atoms with Crippen molar-refractivity contribution in [3.63, 3.8) is 0 Å². The van der Waals surface area contributed by atoms with Crippen LogP contribution >= 0.6 is 0 Å². The maximum absolute atomic E-state index is 12.2. The highest BCUT2D eigenvalue weighted by Crippen LogP contribution is 2.22. The summed E-state index contributed by atoms with van der Waals surface area (Å²) in [6, 6.07) is 0.324. The van der Waals surface area contributed by atoms with Crippen LogP contribution in [-0.4, -0.2) is 42.4 Å². The average molecular weight is 269 g/mol. The predicted molar refractivity (Wildman–Crippen MR) is 75.5 cm³/mol. The molecular weight excluding hydrogens is 242 g/mol. The van der Waals surface area contributed by atoms with Crippen LogP contribution < -0.4 is 11.1 Å². The number of hydrogen-bond donors (Lipinski definition) is 2. The number of rotatable bonds is 5. The fraction of sp³-hybridized carbons (Fsp3) is 0.857. The Balaban J connectivity index is 2.57. The van der Waals surface area contributed by atoms with E-state index in [1.54, 1.807) is 0 Å². The van der Waals surface area contributed by atoms with Gasteiger partial charge >= 0.3 is 0 Å². The Labute approximate surface area is 115 Å². The summed E-state index contributed by atoms with van der Waals surface area (Å²) >= 11 is 0. The molecule has 1 aliphatic heterocycles. The van der Waals surface area contributed by atoms with Crippen molar-refractivity contribution in [2.75, 3.05) is 19.6 Å². The van der Waals surface area contributed by atoms with Crippen molar-refractivity contribution in [1.82, 2.24) is 10.2 Å². The van der Waals surface area contributed by atoms with E-state index in [0.717, 1.165) is 25.8 Å². The molecule has 1 unspecified atom stereocenters. The maximum Gasteiger partial charge on any atom is 0.242 e. The zero-order valence-corrected chi connectivity index (χ0v) is 12.2. The van der Waals surface area contributed by atoms with Crippen LogP contribution in [0.4, 0.5) is 0 Å². The number of nitrogens with zero attached hydrogens (tertiary/aromatic N) is 1. The lowest BCUT2D eigenvalue weighted by Crippen LogP contribution is -2.46. The molecule has 0 aromatic heterocycles. The minimum atomic E-state index is -0.274. The van der Waals surface area contributed by atoms with Gasteiger partial charge in [-0.15, -0.1) is 0 Å². The van der Waals surface area contributed by atoms with Crippen molar-refractivity contribution >= 4 is 11.8 Å². The van der Waals surface area contributed by atoms with Crippen LogP contribution in [0.15, 0.2) is 0 Å². The Morgan fingerprint density at radius 1 is 1.32 bits per heavy atom. The second-order valence-electron chi connectivity index (χ2n) is 5.70. The van der Waals surface area contributed by atoms with Gasteiger partial charge in [0.05, 0.1) is 13.1 Å². The monoisotopic (exact) mass is 269 g/mol. The van der Waals surface area contributed by atoms with Crippen LogP contribution in [0.1, 0.15) is 46.0 Å². The van der Waals surface area contributed by atoms with Crippen molar-refractivity contribution in [2.24, 2.45) is 11.7 Å². The van der Waals surface area contributed by atoms with Crippen molar-refractivity contribution in [2.45, 2.75) is 52.0 Å². The molecule has 1 saturated heterocycles. The van der Waals surface area contributed by atoms with E-state index in [2.05, 4.69) is 19.2 Å². The van der Waals surface area contributed by atoms with Gasteiger partial charge in [0.2, 0.25) is 11.8 Å². The average Bonchev–Trinajstić information content (AvgIpc) is 2.60. The largest absolute Gasteiger partial charge is 0.346 e. The molecule has 0 bridgehead atoms. The highest BCUT2D eigenvalue weighted by molar-refractivity contribution is 5.85. The molecule has 110 valence electrons. The van der Waals surface area contributed by atoms with Crippen LogP contribution in [0.25, 0.3) is 0 Å². The van der Waals surface area contributed by atoms with Gasteiger partial charge < -0.3 is 16.0 Å². The molecule has 0 saturated carbocycles. The van der Waals surface area contributed by atoms with Gasteiger partial charge in [-0.2, -0.15) is 0 Å². The second kappa shape index (κ2) is 8.15. The summed E-state index contributed by atoms with van der Waals surface area (Å²) in [5.74, 6) is 0.329. The third kappa shape index (κ3) is 5.59. The van der Waals surface area contributed by atoms with E-state index in [9.17, 15) is 9.59 Å². The minimum Gasteiger partial charge on any atom is -0.346 e. The lowest BCUT2D eigenvalue weighted by Gasteiger charge is -2.31. The molecule has 0 aromatic carbocycles. The van der Waals surface area contributed by atoms with Gasteiger partial charge in [-0.1, -0.05) is 26.7 Å². The number of nitrogens with one attached hydrogen (secondary N) is 1. The minimum absolute atomic E-state index is 0.0225. The molecule has 1 heterocycles. The van der Waals surface area contributed by atoms with E-state index in [1.165, 1.54) is 12.8 Å². The molecule has 0 spiro atoms. The fourth-order valence-electron chi connectivity index (χ4n) is 2.64. The van der Waals surface area contributed by atoms with E-state index in [4.69, 9.17) is 5.73 Å². The van der Waals surface area contributed by atoms with Crippen LogP contribution in [-0.2, 0) is 9.59 Å². The molecule has 3 N–H and O–H groups in total. The first-order valence-electron chi connectivity index (χ1n) is 7.30. The van der Waals surface area contributed by atoms with Gasteiger partial charge in [-0.25, -0.2) is 0 Å². The number of hydrogen-bond acceptors (Lipinski definition) is 3. The molecule has 5 heteroatoms. The Hall–Kier alpha value is -1.10. The molecule has 0 aromatic rings. The van der Waals surface area contributed by atoms with Gasteiger partial charge in [0.25, 0.3) is 0 Å².